The molecule has 2 unspecified atom stereocenters. The monoisotopic (exact) mass is 503 g/mol. The van der Waals surface area contributed by atoms with E-state index >= 15 is 0 Å². The second kappa shape index (κ2) is 13.1. The smallest absolute Gasteiger partial charge is 0.240 e. The van der Waals surface area contributed by atoms with Gasteiger partial charge in [-0.2, -0.15) is 5.26 Å². The van der Waals surface area contributed by atoms with Crippen LogP contribution in [0.5, 0.6) is 0 Å². The predicted octanol–water partition coefficient (Wildman–Crippen LogP) is 3.51. The molecule has 0 spiro atoms. The number of ether oxygens (including phenoxy) is 1. The summed E-state index contributed by atoms with van der Waals surface area (Å²) in [5.41, 5.74) is 1.69. The highest BCUT2D eigenvalue weighted by Gasteiger charge is 2.43. The van der Waals surface area contributed by atoms with Gasteiger partial charge in [0.25, 0.3) is 0 Å². The molecule has 3 atom stereocenters. The van der Waals surface area contributed by atoms with Gasteiger partial charge in [-0.05, 0) is 63.9 Å². The SMILES string of the molecule is CCOCC(C#N)[C@@H]1SC(CNc2cccc(N(C)C(=O)CN3CCC(C)CC3)c2)C(=O)N1CC.[HH]. The first-order chi connectivity index (χ1) is 16.9. The molecule has 2 saturated heterocycles. The first-order valence-corrected chi connectivity index (χ1v) is 13.6. The fraction of sp³-hybridized carbons (Fsp3) is 0.654. The van der Waals surface area contributed by atoms with Gasteiger partial charge in [0.05, 0.1) is 30.5 Å². The molecule has 9 heteroatoms. The molecule has 0 bridgehead atoms. The lowest BCUT2D eigenvalue weighted by molar-refractivity contribution is -0.130. The molecule has 194 valence electrons. The minimum Gasteiger partial charge on any atom is -0.383 e. The van der Waals surface area contributed by atoms with E-state index in [-0.39, 0.29) is 29.8 Å². The zero-order chi connectivity index (χ0) is 25.4. The quantitative estimate of drug-likeness (QED) is 0.494. The van der Waals surface area contributed by atoms with Crippen LogP contribution in [0.15, 0.2) is 24.3 Å². The maximum absolute atomic E-state index is 13.0. The van der Waals surface area contributed by atoms with Crippen molar-refractivity contribution in [3.63, 3.8) is 0 Å². The Hall–Kier alpha value is -2.28. The van der Waals surface area contributed by atoms with E-state index in [0.29, 0.717) is 32.8 Å². The normalized spacial score (nSPS) is 22.1. The molecule has 0 saturated carbocycles. The maximum atomic E-state index is 13.0. The topological polar surface area (TPSA) is 88.9 Å². The lowest BCUT2D eigenvalue weighted by Crippen LogP contribution is -2.42. The summed E-state index contributed by atoms with van der Waals surface area (Å²) in [5.74, 6) is 0.504. The van der Waals surface area contributed by atoms with Gasteiger partial charge in [-0.1, -0.05) is 13.0 Å². The van der Waals surface area contributed by atoms with Crippen LogP contribution in [-0.4, -0.2) is 85.2 Å². The van der Waals surface area contributed by atoms with Crippen molar-refractivity contribution < 1.29 is 15.8 Å². The van der Waals surface area contributed by atoms with Crippen LogP contribution in [0.25, 0.3) is 0 Å². The van der Waals surface area contributed by atoms with E-state index in [1.165, 1.54) is 11.8 Å². The molecule has 2 aliphatic heterocycles. The summed E-state index contributed by atoms with van der Waals surface area (Å²) in [6.45, 7) is 10.4. The molecule has 0 radical (unpaired) electrons. The summed E-state index contributed by atoms with van der Waals surface area (Å²) in [7, 11) is 1.81. The molecule has 2 heterocycles. The molecular weight excluding hydrogens is 462 g/mol. The summed E-state index contributed by atoms with van der Waals surface area (Å²) in [4.78, 5) is 31.6. The van der Waals surface area contributed by atoms with Crippen LogP contribution in [-0.2, 0) is 14.3 Å². The van der Waals surface area contributed by atoms with Crippen LogP contribution in [0.2, 0.25) is 0 Å². The largest absolute Gasteiger partial charge is 0.383 e. The Morgan fingerprint density at radius 2 is 2.11 bits per heavy atom. The number of nitriles is 1. The van der Waals surface area contributed by atoms with E-state index in [4.69, 9.17) is 4.74 Å². The Bertz CT molecular complexity index is 906. The number of likely N-dealkylation sites (tertiary alicyclic amines) is 1. The van der Waals surface area contributed by atoms with Crippen LogP contribution < -0.4 is 10.2 Å². The van der Waals surface area contributed by atoms with Gasteiger partial charge >= 0.3 is 0 Å². The van der Waals surface area contributed by atoms with E-state index in [9.17, 15) is 14.9 Å². The molecule has 3 rings (SSSR count). The minimum atomic E-state index is -0.361. The maximum Gasteiger partial charge on any atom is 0.240 e. The van der Waals surface area contributed by atoms with E-state index in [1.54, 1.807) is 9.80 Å². The first kappa shape index (κ1) is 27.3. The Labute approximate surface area is 215 Å². The number of carbonyl (C=O) groups is 2. The molecule has 1 aromatic rings. The second-order valence-electron chi connectivity index (χ2n) is 9.38. The summed E-state index contributed by atoms with van der Waals surface area (Å²) < 4.78 is 5.47. The van der Waals surface area contributed by atoms with Crippen LogP contribution in [0, 0.1) is 23.2 Å². The van der Waals surface area contributed by atoms with Crippen LogP contribution >= 0.6 is 11.8 Å². The van der Waals surface area contributed by atoms with Crippen molar-refractivity contribution in [1.29, 1.82) is 5.26 Å². The van der Waals surface area contributed by atoms with E-state index in [1.807, 2.05) is 45.2 Å². The van der Waals surface area contributed by atoms with Gasteiger partial charge in [0.15, 0.2) is 0 Å². The molecular formula is C26H41N5O3S. The number of amides is 2. The fourth-order valence-electron chi connectivity index (χ4n) is 4.52. The van der Waals surface area contributed by atoms with Gasteiger partial charge in [-0.15, -0.1) is 11.8 Å². The molecule has 0 aliphatic carbocycles. The van der Waals surface area contributed by atoms with Gasteiger partial charge in [0, 0.05) is 39.5 Å². The van der Waals surface area contributed by atoms with Crippen molar-refractivity contribution in [1.82, 2.24) is 9.80 Å². The van der Waals surface area contributed by atoms with Gasteiger partial charge in [-0.25, -0.2) is 0 Å². The number of carbonyl (C=O) groups excluding carboxylic acids is 2. The third kappa shape index (κ3) is 7.12. The average molecular weight is 504 g/mol. The number of nitrogens with zero attached hydrogens (tertiary/aromatic N) is 4. The standard InChI is InChI=1S/C26H39N5O3S.H2/c1-5-31-25(33)23(35-26(31)20(15-27)18-34-6-2)16-28-21-8-7-9-22(14-21)29(4)24(32)17-30-12-10-19(3)11-13-30;/h7-9,14,19-20,23,26,28H,5-6,10-13,16-18H2,1-4H3;1H/t20?,23?,26-;/m0./s1. The minimum absolute atomic E-state index is 0. The Kier molecular flexibility index (Phi) is 10.3. The van der Waals surface area contributed by atoms with Crippen molar-refractivity contribution in [2.75, 3.05) is 63.2 Å². The fourth-order valence-corrected chi connectivity index (χ4v) is 6.02. The molecule has 2 fully saturated rings. The molecule has 2 aliphatic rings. The highest BCUT2D eigenvalue weighted by molar-refractivity contribution is 8.01. The van der Waals surface area contributed by atoms with Gasteiger partial charge in [-0.3, -0.25) is 14.5 Å². The van der Waals surface area contributed by atoms with E-state index < -0.39 is 0 Å². The summed E-state index contributed by atoms with van der Waals surface area (Å²) in [5, 5.41) is 12.5. The Morgan fingerprint density at radius 1 is 1.37 bits per heavy atom. The third-order valence-electron chi connectivity index (χ3n) is 6.86. The Morgan fingerprint density at radius 3 is 2.77 bits per heavy atom. The number of benzene rings is 1. The Balaban J connectivity index is 0.00000456. The number of anilines is 2. The molecule has 8 nitrogen and oxygen atoms in total. The molecule has 0 aromatic heterocycles. The van der Waals surface area contributed by atoms with Crippen molar-refractivity contribution in [2.24, 2.45) is 11.8 Å². The van der Waals surface area contributed by atoms with Crippen LogP contribution in [0.4, 0.5) is 11.4 Å². The van der Waals surface area contributed by atoms with Crippen molar-refractivity contribution in [3.05, 3.63) is 24.3 Å². The first-order valence-electron chi connectivity index (χ1n) is 12.6. The molecule has 1 aromatic carbocycles. The van der Waals surface area contributed by atoms with E-state index in [0.717, 1.165) is 43.2 Å². The average Bonchev–Trinajstić information content (AvgIpc) is 3.19. The number of rotatable bonds is 11. The third-order valence-corrected chi connectivity index (χ3v) is 8.41. The van der Waals surface area contributed by atoms with Crippen LogP contribution in [0.3, 0.4) is 0 Å². The number of thioether (sulfide) groups is 1. The number of likely N-dealkylation sites (N-methyl/N-ethyl adjacent to an activating group) is 1. The highest BCUT2D eigenvalue weighted by atomic mass is 32.2. The van der Waals surface area contributed by atoms with Crippen LogP contribution in [0.1, 0.15) is 35.0 Å². The van der Waals surface area contributed by atoms with Crippen molar-refractivity contribution >= 4 is 35.0 Å². The number of piperidine rings is 1. The van der Waals surface area contributed by atoms with Gasteiger partial charge in [0.1, 0.15) is 5.25 Å². The molecule has 35 heavy (non-hydrogen) atoms. The summed E-state index contributed by atoms with van der Waals surface area (Å²) >= 11 is 1.53. The lowest BCUT2D eigenvalue weighted by atomic mass is 9.99. The zero-order valence-corrected chi connectivity index (χ0v) is 22.2. The predicted molar refractivity (Wildman–Crippen MR) is 143 cm³/mol. The van der Waals surface area contributed by atoms with E-state index in [2.05, 4.69) is 23.2 Å². The highest BCUT2D eigenvalue weighted by Crippen LogP contribution is 2.36. The van der Waals surface area contributed by atoms with Crippen molar-refractivity contribution in [3.8, 4) is 6.07 Å². The lowest BCUT2D eigenvalue weighted by Gasteiger charge is -2.31. The number of nitrogens with one attached hydrogen (secondary N) is 1. The van der Waals surface area contributed by atoms with Gasteiger partial charge < -0.3 is 19.9 Å². The zero-order valence-electron chi connectivity index (χ0n) is 21.4. The number of hydrogen-bond donors (Lipinski definition) is 1. The van der Waals surface area contributed by atoms with Gasteiger partial charge in [0.2, 0.25) is 11.8 Å². The summed E-state index contributed by atoms with van der Waals surface area (Å²) in [6.07, 6.45) is 2.29. The van der Waals surface area contributed by atoms with Crippen molar-refractivity contribution in [2.45, 2.75) is 44.2 Å². The number of hydrogen-bond acceptors (Lipinski definition) is 7. The molecule has 2 amide bonds. The molecule has 1 N–H and O–H groups in total. The summed E-state index contributed by atoms with van der Waals surface area (Å²) in [6, 6.07) is 10.1. The second-order valence-corrected chi connectivity index (χ2v) is 10.7.